The number of amides is 1. The van der Waals surface area contributed by atoms with Gasteiger partial charge in [0.15, 0.2) is 0 Å². The first-order valence-corrected chi connectivity index (χ1v) is 11.9. The van der Waals surface area contributed by atoms with Gasteiger partial charge < -0.3 is 11.5 Å². The van der Waals surface area contributed by atoms with Gasteiger partial charge in [-0.25, -0.2) is 13.9 Å². The molecule has 34 heavy (non-hydrogen) atoms. The average molecular weight is 487 g/mol. The van der Waals surface area contributed by atoms with E-state index < -0.39 is 33.5 Å². The van der Waals surface area contributed by atoms with Crippen molar-refractivity contribution in [1.82, 2.24) is 10.0 Å². The predicted molar refractivity (Wildman–Crippen MR) is 129 cm³/mol. The van der Waals surface area contributed by atoms with Crippen LogP contribution in [-0.4, -0.2) is 31.5 Å². The smallest absolute Gasteiger partial charge is 0.275 e. The molecule has 0 radical (unpaired) electrons. The van der Waals surface area contributed by atoms with Gasteiger partial charge in [0.05, 0.1) is 12.4 Å². The molecule has 1 aromatic heterocycles. The Balaban J connectivity index is 1.87. The molecule has 0 saturated carbocycles. The van der Waals surface area contributed by atoms with Crippen LogP contribution in [0.25, 0.3) is 10.8 Å². The van der Waals surface area contributed by atoms with Gasteiger partial charge in [-0.2, -0.15) is 0 Å². The molecular formula is C22H26N6O5S. The number of nitrogens with one attached hydrogen (secondary N) is 3. The van der Waals surface area contributed by atoms with Gasteiger partial charge in [0.2, 0.25) is 21.9 Å². The minimum atomic E-state index is -3.96. The fourth-order valence-electron chi connectivity index (χ4n) is 3.64. The molecule has 1 amide bonds. The summed E-state index contributed by atoms with van der Waals surface area (Å²) in [6.45, 7) is 1.51. The Bertz CT molecular complexity index is 1380. The van der Waals surface area contributed by atoms with Crippen LogP contribution < -0.4 is 27.2 Å². The molecule has 0 aliphatic carbocycles. The number of aryl methyl sites for hydroxylation is 1. The first-order valence-electron chi connectivity index (χ1n) is 10.3. The van der Waals surface area contributed by atoms with Crippen molar-refractivity contribution < 1.29 is 18.0 Å². The highest BCUT2D eigenvalue weighted by molar-refractivity contribution is 7.91. The van der Waals surface area contributed by atoms with Gasteiger partial charge in [-0.05, 0) is 35.4 Å². The molecule has 0 aliphatic rings. The molecule has 3 rings (SSSR count). The van der Waals surface area contributed by atoms with E-state index in [9.17, 15) is 18.0 Å². The van der Waals surface area contributed by atoms with Crippen molar-refractivity contribution >= 4 is 38.3 Å². The van der Waals surface area contributed by atoms with E-state index in [-0.39, 0.29) is 24.5 Å². The Hall–Kier alpha value is -3.90. The maximum Gasteiger partial charge on any atom is 0.275 e. The first-order chi connectivity index (χ1) is 16.1. The first kappa shape index (κ1) is 24.7. The van der Waals surface area contributed by atoms with Crippen LogP contribution in [0.4, 0.5) is 5.69 Å². The summed E-state index contributed by atoms with van der Waals surface area (Å²) in [6.07, 6.45) is -0.0113. The number of guanidine groups is 1. The summed E-state index contributed by atoms with van der Waals surface area (Å²) in [5.41, 5.74) is 12.8. The van der Waals surface area contributed by atoms with Gasteiger partial charge in [0.1, 0.15) is 11.7 Å². The molecule has 2 aromatic carbocycles. The molecule has 11 nitrogen and oxygen atoms in total. The summed E-state index contributed by atoms with van der Waals surface area (Å²) >= 11 is 0. The van der Waals surface area contributed by atoms with Crippen LogP contribution in [0.5, 0.6) is 0 Å². The van der Waals surface area contributed by atoms with Crippen LogP contribution in [0.3, 0.4) is 0 Å². The number of carbonyl (C=O) groups excluding carboxylic acids is 1. The molecule has 0 spiro atoms. The second-order valence-electron chi connectivity index (χ2n) is 7.63. The van der Waals surface area contributed by atoms with Crippen LogP contribution in [0.1, 0.15) is 23.7 Å². The van der Waals surface area contributed by atoms with Crippen LogP contribution in [-0.2, 0) is 25.4 Å². The summed E-state index contributed by atoms with van der Waals surface area (Å²) in [7, 11) is -3.96. The van der Waals surface area contributed by atoms with Crippen molar-refractivity contribution in [2.45, 2.75) is 25.1 Å². The number of hydrogen-bond donors (Lipinski definition) is 5. The molecule has 7 N–H and O–H groups in total. The van der Waals surface area contributed by atoms with Crippen LogP contribution in [0.15, 0.2) is 59.4 Å². The van der Waals surface area contributed by atoms with Crippen molar-refractivity contribution in [2.75, 3.05) is 11.3 Å². The standard InChI is InChI=1S/C22H26N6O5S/c1-14-9-10-18(21(30)28(14)19(20(23)29)11-12-33-26-22(24)25)27-34(31,32)13-16-7-4-6-15-5-2-3-8-17(15)16/h2-10,19,27H,11-13H2,1H3,(H2,23,29)(H4,24,25,26). The van der Waals surface area contributed by atoms with E-state index in [0.29, 0.717) is 11.3 Å². The monoisotopic (exact) mass is 486 g/mol. The summed E-state index contributed by atoms with van der Waals surface area (Å²) in [5.74, 6) is -1.56. The quantitative estimate of drug-likeness (QED) is 0.123. The molecule has 3 aromatic rings. The molecule has 0 bridgehead atoms. The zero-order chi connectivity index (χ0) is 24.9. The van der Waals surface area contributed by atoms with E-state index >= 15 is 0 Å². The number of anilines is 1. The van der Waals surface area contributed by atoms with E-state index in [1.54, 1.807) is 19.1 Å². The van der Waals surface area contributed by atoms with Crippen molar-refractivity contribution in [3.63, 3.8) is 0 Å². The molecule has 0 saturated heterocycles. The molecule has 1 atom stereocenters. The van der Waals surface area contributed by atoms with Crippen molar-refractivity contribution in [3.8, 4) is 0 Å². The molecule has 12 heteroatoms. The lowest BCUT2D eigenvalue weighted by Crippen LogP contribution is -2.38. The van der Waals surface area contributed by atoms with E-state index in [2.05, 4.69) is 10.2 Å². The minimum absolute atomic E-state index is 0.0113. The van der Waals surface area contributed by atoms with Crippen LogP contribution >= 0.6 is 0 Å². The lowest BCUT2D eigenvalue weighted by atomic mass is 10.1. The Morgan fingerprint density at radius 2 is 1.82 bits per heavy atom. The Morgan fingerprint density at radius 3 is 2.53 bits per heavy atom. The maximum atomic E-state index is 13.1. The van der Waals surface area contributed by atoms with Gasteiger partial charge in [0.25, 0.3) is 5.56 Å². The van der Waals surface area contributed by atoms with Crippen molar-refractivity contribution in [3.05, 3.63) is 76.2 Å². The lowest BCUT2D eigenvalue weighted by Gasteiger charge is -2.20. The number of hydrogen-bond acceptors (Lipinski definition) is 6. The predicted octanol–water partition coefficient (Wildman–Crippen LogP) is 1.08. The van der Waals surface area contributed by atoms with Crippen molar-refractivity contribution in [1.29, 1.82) is 5.41 Å². The molecule has 180 valence electrons. The number of fused-ring (bicyclic) bond motifs is 1. The second-order valence-corrected chi connectivity index (χ2v) is 9.36. The number of aromatic nitrogens is 1. The third-order valence-corrected chi connectivity index (χ3v) is 6.35. The third-order valence-electron chi connectivity index (χ3n) is 5.13. The van der Waals surface area contributed by atoms with Gasteiger partial charge in [-0.3, -0.25) is 29.1 Å². The molecular weight excluding hydrogens is 460 g/mol. The van der Waals surface area contributed by atoms with E-state index in [4.69, 9.17) is 21.7 Å². The fraction of sp³-hybridized carbons (Fsp3) is 0.227. The zero-order valence-electron chi connectivity index (χ0n) is 18.4. The number of primary amides is 1. The SMILES string of the molecule is Cc1ccc(NS(=O)(=O)Cc2cccc3ccccc23)c(=O)n1C(CCONC(=N)N)C(N)=O. The lowest BCUT2D eigenvalue weighted by molar-refractivity contribution is -0.122. The second kappa shape index (κ2) is 10.4. The van der Waals surface area contributed by atoms with Gasteiger partial charge in [-0.1, -0.05) is 42.5 Å². The number of sulfonamides is 1. The van der Waals surface area contributed by atoms with Gasteiger partial charge in [-0.15, -0.1) is 0 Å². The largest absolute Gasteiger partial charge is 0.368 e. The minimum Gasteiger partial charge on any atom is -0.368 e. The Labute approximate surface area is 196 Å². The summed E-state index contributed by atoms with van der Waals surface area (Å²) in [4.78, 5) is 30.2. The third kappa shape index (κ3) is 5.91. The number of nitrogens with zero attached hydrogens (tertiary/aromatic N) is 1. The van der Waals surface area contributed by atoms with Gasteiger partial charge in [0, 0.05) is 12.1 Å². The molecule has 0 fully saturated rings. The summed E-state index contributed by atoms with van der Waals surface area (Å²) in [5, 5.41) is 8.76. The average Bonchev–Trinajstić information content (AvgIpc) is 2.77. The Kier molecular flexibility index (Phi) is 7.54. The number of nitrogens with two attached hydrogens (primary N) is 2. The fourth-order valence-corrected chi connectivity index (χ4v) is 4.86. The normalized spacial score (nSPS) is 12.3. The number of benzene rings is 2. The van der Waals surface area contributed by atoms with Gasteiger partial charge >= 0.3 is 0 Å². The van der Waals surface area contributed by atoms with Crippen LogP contribution in [0, 0.1) is 12.3 Å². The zero-order valence-corrected chi connectivity index (χ0v) is 19.3. The number of carbonyl (C=O) groups is 1. The maximum absolute atomic E-state index is 13.1. The Morgan fingerprint density at radius 1 is 1.12 bits per heavy atom. The van der Waals surface area contributed by atoms with E-state index in [0.717, 1.165) is 15.3 Å². The highest BCUT2D eigenvalue weighted by Gasteiger charge is 2.23. The molecule has 1 unspecified atom stereocenters. The van der Waals surface area contributed by atoms with E-state index in [1.807, 2.05) is 30.3 Å². The highest BCUT2D eigenvalue weighted by atomic mass is 32.2. The molecule has 1 heterocycles. The topological polar surface area (TPSA) is 182 Å². The summed E-state index contributed by atoms with van der Waals surface area (Å²) < 4.78 is 29.3. The highest BCUT2D eigenvalue weighted by Crippen LogP contribution is 2.21. The van der Waals surface area contributed by atoms with Crippen LogP contribution in [0.2, 0.25) is 0 Å². The molecule has 0 aliphatic heterocycles. The van der Waals surface area contributed by atoms with E-state index in [1.165, 1.54) is 12.1 Å². The number of pyridine rings is 1. The number of rotatable bonds is 10. The van der Waals surface area contributed by atoms with Crippen molar-refractivity contribution in [2.24, 2.45) is 11.5 Å². The summed E-state index contributed by atoms with van der Waals surface area (Å²) in [6, 6.07) is 14.5. The number of hydroxylamine groups is 1.